The van der Waals surface area contributed by atoms with E-state index >= 15 is 0 Å². The Morgan fingerprint density at radius 2 is 1.88 bits per heavy atom. The zero-order valence-corrected chi connectivity index (χ0v) is 16.4. The van der Waals surface area contributed by atoms with Crippen molar-refractivity contribution in [2.24, 2.45) is 4.99 Å². The van der Waals surface area contributed by atoms with Crippen LogP contribution in [-0.4, -0.2) is 16.2 Å². The smallest absolute Gasteiger partial charge is 0.258 e. The minimum atomic E-state index is -0.0845. The van der Waals surface area contributed by atoms with Crippen molar-refractivity contribution in [3.8, 4) is 0 Å². The predicted octanol–water partition coefficient (Wildman–Crippen LogP) is 4.95. The lowest BCUT2D eigenvalue weighted by Crippen LogP contribution is -2.17. The number of carbonyl (C=O) groups is 1. The Hall–Kier alpha value is -1.85. The third kappa shape index (κ3) is 4.22. The summed E-state index contributed by atoms with van der Waals surface area (Å²) in [6.07, 6.45) is 1.01. The molecule has 5 heteroatoms. The summed E-state index contributed by atoms with van der Waals surface area (Å²) in [4.78, 5) is 18.7. The van der Waals surface area contributed by atoms with Gasteiger partial charge in [-0.2, -0.15) is 4.99 Å². The largest absolute Gasteiger partial charge is 0.316 e. The Bertz CT molecular complexity index is 955. The highest BCUT2D eigenvalue weighted by Crippen LogP contribution is 2.22. The van der Waals surface area contributed by atoms with Crippen molar-refractivity contribution in [1.82, 2.24) is 4.57 Å². The lowest BCUT2D eigenvalue weighted by Gasteiger charge is -2.05. The second kappa shape index (κ2) is 8.02. The number of hydrogen-bond donors (Lipinski definition) is 0. The van der Waals surface area contributed by atoms with Gasteiger partial charge in [0.25, 0.3) is 5.91 Å². The molecular formula is C20H22N2OS2. The van der Waals surface area contributed by atoms with E-state index in [1.807, 2.05) is 30.3 Å². The fraction of sp³-hybridized carbons (Fsp3) is 0.300. The van der Waals surface area contributed by atoms with E-state index < -0.39 is 0 Å². The molecule has 1 heterocycles. The lowest BCUT2D eigenvalue weighted by atomic mass is 10.1. The number of hydrogen-bond acceptors (Lipinski definition) is 3. The molecular weight excluding hydrogens is 348 g/mol. The first-order valence-corrected chi connectivity index (χ1v) is 10.2. The number of carbonyl (C=O) groups excluding carboxylic acids is 1. The SMILES string of the molecule is CCCn1c(=NC(=O)CSc2ccccc2)sc2cc(C)c(C)cc21. The van der Waals surface area contributed by atoms with E-state index in [1.54, 1.807) is 11.3 Å². The summed E-state index contributed by atoms with van der Waals surface area (Å²) in [6.45, 7) is 7.27. The number of thiazole rings is 1. The van der Waals surface area contributed by atoms with Gasteiger partial charge in [0.15, 0.2) is 4.80 Å². The molecule has 0 N–H and O–H groups in total. The molecule has 2 aromatic carbocycles. The number of thioether (sulfide) groups is 1. The fourth-order valence-corrected chi connectivity index (χ4v) is 4.50. The van der Waals surface area contributed by atoms with Gasteiger partial charge < -0.3 is 4.57 Å². The van der Waals surface area contributed by atoms with Gasteiger partial charge in [0, 0.05) is 11.4 Å². The third-order valence-corrected chi connectivity index (χ3v) is 6.11. The number of amides is 1. The van der Waals surface area contributed by atoms with Crippen LogP contribution in [0, 0.1) is 13.8 Å². The van der Waals surface area contributed by atoms with Crippen LogP contribution in [0.2, 0.25) is 0 Å². The maximum Gasteiger partial charge on any atom is 0.258 e. The highest BCUT2D eigenvalue weighted by molar-refractivity contribution is 8.00. The molecule has 0 bridgehead atoms. The molecule has 0 unspecified atom stereocenters. The Kier molecular flexibility index (Phi) is 5.76. The zero-order chi connectivity index (χ0) is 17.8. The number of fused-ring (bicyclic) bond motifs is 1. The van der Waals surface area contributed by atoms with Crippen LogP contribution in [0.25, 0.3) is 10.2 Å². The van der Waals surface area contributed by atoms with Gasteiger partial charge in [-0.25, -0.2) is 0 Å². The summed E-state index contributed by atoms with van der Waals surface area (Å²) in [5.41, 5.74) is 3.72. The molecule has 0 radical (unpaired) electrons. The van der Waals surface area contributed by atoms with Crippen LogP contribution in [0.5, 0.6) is 0 Å². The topological polar surface area (TPSA) is 34.4 Å². The monoisotopic (exact) mass is 370 g/mol. The Morgan fingerprint density at radius 1 is 1.16 bits per heavy atom. The first-order chi connectivity index (χ1) is 12.1. The fourth-order valence-electron chi connectivity index (χ4n) is 2.65. The minimum Gasteiger partial charge on any atom is -0.316 e. The van der Waals surface area contributed by atoms with Crippen molar-refractivity contribution < 1.29 is 4.79 Å². The summed E-state index contributed by atoms with van der Waals surface area (Å²) in [6, 6.07) is 14.4. The molecule has 0 aliphatic carbocycles. The second-order valence-electron chi connectivity index (χ2n) is 6.05. The standard InChI is InChI=1S/C20H22N2OS2/c1-4-10-22-17-11-14(2)15(3)12-18(17)25-20(22)21-19(23)13-24-16-8-6-5-7-9-16/h5-9,11-12H,4,10,13H2,1-3H3. The van der Waals surface area contributed by atoms with E-state index in [2.05, 4.69) is 42.5 Å². The predicted molar refractivity (Wildman–Crippen MR) is 107 cm³/mol. The summed E-state index contributed by atoms with van der Waals surface area (Å²) in [5.74, 6) is 0.279. The zero-order valence-electron chi connectivity index (χ0n) is 14.8. The minimum absolute atomic E-state index is 0.0845. The molecule has 3 nitrogen and oxygen atoms in total. The normalized spacial score (nSPS) is 12.0. The first-order valence-electron chi connectivity index (χ1n) is 8.44. The van der Waals surface area contributed by atoms with Crippen molar-refractivity contribution in [1.29, 1.82) is 0 Å². The Balaban J connectivity index is 1.91. The van der Waals surface area contributed by atoms with E-state index in [1.165, 1.54) is 33.1 Å². The van der Waals surface area contributed by atoms with Crippen LogP contribution in [0.3, 0.4) is 0 Å². The van der Waals surface area contributed by atoms with Crippen molar-refractivity contribution >= 4 is 39.2 Å². The number of aryl methyl sites for hydroxylation is 3. The van der Waals surface area contributed by atoms with Gasteiger partial charge in [-0.05, 0) is 55.7 Å². The van der Waals surface area contributed by atoms with E-state index in [-0.39, 0.29) is 5.91 Å². The molecule has 25 heavy (non-hydrogen) atoms. The number of aromatic nitrogens is 1. The molecule has 130 valence electrons. The number of benzene rings is 2. The molecule has 0 aliphatic rings. The van der Waals surface area contributed by atoms with Crippen LogP contribution >= 0.6 is 23.1 Å². The molecule has 0 fully saturated rings. The molecule has 1 amide bonds. The van der Waals surface area contributed by atoms with Crippen molar-refractivity contribution in [2.45, 2.75) is 38.6 Å². The quantitative estimate of drug-likeness (QED) is 0.596. The van der Waals surface area contributed by atoms with Gasteiger partial charge >= 0.3 is 0 Å². The molecule has 3 aromatic rings. The summed E-state index contributed by atoms with van der Waals surface area (Å²) in [5, 5.41) is 0. The van der Waals surface area contributed by atoms with E-state index in [9.17, 15) is 4.79 Å². The van der Waals surface area contributed by atoms with Gasteiger partial charge in [0.2, 0.25) is 0 Å². The van der Waals surface area contributed by atoms with Crippen molar-refractivity contribution in [3.05, 3.63) is 58.4 Å². The summed E-state index contributed by atoms with van der Waals surface area (Å²) < 4.78 is 3.37. The van der Waals surface area contributed by atoms with Crippen LogP contribution in [-0.2, 0) is 11.3 Å². The number of nitrogens with zero attached hydrogens (tertiary/aromatic N) is 2. The van der Waals surface area contributed by atoms with Crippen LogP contribution in [0.15, 0.2) is 52.4 Å². The average Bonchev–Trinajstić information content (AvgIpc) is 2.91. The summed E-state index contributed by atoms with van der Waals surface area (Å²) in [7, 11) is 0. The van der Waals surface area contributed by atoms with E-state index in [0.717, 1.165) is 22.7 Å². The van der Waals surface area contributed by atoms with Crippen LogP contribution in [0.1, 0.15) is 24.5 Å². The second-order valence-corrected chi connectivity index (χ2v) is 8.11. The van der Waals surface area contributed by atoms with Gasteiger partial charge in [0.05, 0.1) is 16.0 Å². The summed E-state index contributed by atoms with van der Waals surface area (Å²) >= 11 is 3.13. The molecule has 0 atom stereocenters. The molecule has 0 aliphatic heterocycles. The molecule has 3 rings (SSSR count). The first kappa shape index (κ1) is 18.0. The third-order valence-electron chi connectivity index (χ3n) is 4.07. The molecule has 0 saturated carbocycles. The van der Waals surface area contributed by atoms with Crippen LogP contribution in [0.4, 0.5) is 0 Å². The number of rotatable bonds is 5. The Morgan fingerprint density at radius 3 is 2.60 bits per heavy atom. The highest BCUT2D eigenvalue weighted by atomic mass is 32.2. The van der Waals surface area contributed by atoms with Gasteiger partial charge in [-0.3, -0.25) is 4.79 Å². The van der Waals surface area contributed by atoms with E-state index in [4.69, 9.17) is 0 Å². The molecule has 0 saturated heterocycles. The van der Waals surface area contributed by atoms with Gasteiger partial charge in [-0.1, -0.05) is 36.5 Å². The molecule has 1 aromatic heterocycles. The van der Waals surface area contributed by atoms with Crippen molar-refractivity contribution in [3.63, 3.8) is 0 Å². The lowest BCUT2D eigenvalue weighted by molar-refractivity contribution is -0.115. The average molecular weight is 371 g/mol. The van der Waals surface area contributed by atoms with Gasteiger partial charge in [0.1, 0.15) is 0 Å². The van der Waals surface area contributed by atoms with Gasteiger partial charge in [-0.15, -0.1) is 11.8 Å². The van der Waals surface area contributed by atoms with Crippen LogP contribution < -0.4 is 4.80 Å². The maximum absolute atomic E-state index is 12.4. The van der Waals surface area contributed by atoms with Crippen molar-refractivity contribution in [2.75, 3.05) is 5.75 Å². The van der Waals surface area contributed by atoms with E-state index in [0.29, 0.717) is 5.75 Å². The highest BCUT2D eigenvalue weighted by Gasteiger charge is 2.09. The Labute approximate surface area is 156 Å². The molecule has 0 spiro atoms. The maximum atomic E-state index is 12.4.